The molecule has 5 rings (SSSR count). The Bertz CT molecular complexity index is 1100. The molecule has 0 aliphatic carbocycles. The standard InChI is InChI=1S/C20H17N5O2/c26-20(14-7-6-13-8-10-22-16(13)12-14)25-11-3-5-17(25)19-23-18(24-27-19)15-4-1-2-9-21-15/h1-2,4,6-10,12,17,22H,3,5,11H2/t17-/m1/s1. The average Bonchev–Trinajstić information content (AvgIpc) is 3.47. The highest BCUT2D eigenvalue weighted by atomic mass is 16.5. The number of fused-ring (bicyclic) bond motifs is 1. The Hall–Kier alpha value is -3.48. The molecule has 0 spiro atoms. The normalized spacial score (nSPS) is 16.9. The zero-order valence-corrected chi connectivity index (χ0v) is 14.5. The van der Waals surface area contributed by atoms with E-state index in [4.69, 9.17) is 4.52 Å². The molecule has 1 fully saturated rings. The summed E-state index contributed by atoms with van der Waals surface area (Å²) in [4.78, 5) is 26.8. The molecule has 0 unspecified atom stereocenters. The van der Waals surface area contributed by atoms with Gasteiger partial charge in [0.2, 0.25) is 11.7 Å². The molecule has 27 heavy (non-hydrogen) atoms. The van der Waals surface area contributed by atoms with Crippen molar-refractivity contribution in [2.75, 3.05) is 6.54 Å². The van der Waals surface area contributed by atoms with E-state index in [1.54, 1.807) is 6.20 Å². The summed E-state index contributed by atoms with van der Waals surface area (Å²) in [6.07, 6.45) is 5.27. The fourth-order valence-electron chi connectivity index (χ4n) is 3.58. The van der Waals surface area contributed by atoms with Crippen LogP contribution in [0.4, 0.5) is 0 Å². The topological polar surface area (TPSA) is 87.9 Å². The lowest BCUT2D eigenvalue weighted by Gasteiger charge is -2.22. The van der Waals surface area contributed by atoms with Gasteiger partial charge in [-0.3, -0.25) is 9.78 Å². The molecule has 1 N–H and O–H groups in total. The van der Waals surface area contributed by atoms with Crippen LogP contribution < -0.4 is 0 Å². The summed E-state index contributed by atoms with van der Waals surface area (Å²) >= 11 is 0. The van der Waals surface area contributed by atoms with Crippen molar-refractivity contribution < 1.29 is 9.32 Å². The molecule has 4 heterocycles. The molecule has 7 heteroatoms. The van der Waals surface area contributed by atoms with Gasteiger partial charge in [0, 0.05) is 30.0 Å². The van der Waals surface area contributed by atoms with Crippen molar-refractivity contribution in [3.63, 3.8) is 0 Å². The van der Waals surface area contributed by atoms with Crippen LogP contribution in [-0.4, -0.2) is 37.5 Å². The number of H-pyrrole nitrogens is 1. The van der Waals surface area contributed by atoms with Crippen molar-refractivity contribution >= 4 is 16.8 Å². The number of likely N-dealkylation sites (tertiary alicyclic amines) is 1. The van der Waals surface area contributed by atoms with Crippen LogP contribution in [0.5, 0.6) is 0 Å². The molecule has 1 saturated heterocycles. The third-order valence-corrected chi connectivity index (χ3v) is 4.94. The second-order valence-corrected chi connectivity index (χ2v) is 6.61. The number of nitrogens with one attached hydrogen (secondary N) is 1. The Kier molecular flexibility index (Phi) is 3.71. The molecular formula is C20H17N5O2. The second-order valence-electron chi connectivity index (χ2n) is 6.61. The van der Waals surface area contributed by atoms with Crippen molar-refractivity contribution in [3.8, 4) is 11.5 Å². The van der Waals surface area contributed by atoms with Crippen molar-refractivity contribution in [2.45, 2.75) is 18.9 Å². The Morgan fingerprint density at radius 2 is 2.19 bits per heavy atom. The molecular weight excluding hydrogens is 342 g/mol. The maximum atomic E-state index is 13.1. The Labute approximate surface area is 155 Å². The predicted molar refractivity (Wildman–Crippen MR) is 98.8 cm³/mol. The molecule has 0 bridgehead atoms. The lowest BCUT2D eigenvalue weighted by Crippen LogP contribution is -2.30. The van der Waals surface area contributed by atoms with Crippen LogP contribution in [0, 0.1) is 0 Å². The fourth-order valence-corrected chi connectivity index (χ4v) is 3.58. The van der Waals surface area contributed by atoms with Crippen LogP contribution in [0.3, 0.4) is 0 Å². The van der Waals surface area contributed by atoms with E-state index in [2.05, 4.69) is 20.1 Å². The van der Waals surface area contributed by atoms with E-state index in [0.29, 0.717) is 29.5 Å². The summed E-state index contributed by atoms with van der Waals surface area (Å²) in [6, 6.07) is 13.0. The van der Waals surface area contributed by atoms with E-state index in [1.165, 1.54) is 0 Å². The molecule has 4 aromatic rings. The van der Waals surface area contributed by atoms with Crippen LogP contribution in [-0.2, 0) is 0 Å². The minimum absolute atomic E-state index is 0.0217. The number of amides is 1. The van der Waals surface area contributed by atoms with Gasteiger partial charge in [0.25, 0.3) is 5.91 Å². The minimum atomic E-state index is -0.207. The van der Waals surface area contributed by atoms with Gasteiger partial charge in [-0.2, -0.15) is 4.98 Å². The third-order valence-electron chi connectivity index (χ3n) is 4.94. The number of rotatable bonds is 3. The van der Waals surface area contributed by atoms with Gasteiger partial charge in [-0.25, -0.2) is 0 Å². The van der Waals surface area contributed by atoms with Crippen LogP contribution in [0.15, 0.2) is 59.4 Å². The maximum Gasteiger partial charge on any atom is 0.254 e. The summed E-state index contributed by atoms with van der Waals surface area (Å²) in [7, 11) is 0. The van der Waals surface area contributed by atoms with Gasteiger partial charge >= 0.3 is 0 Å². The van der Waals surface area contributed by atoms with E-state index >= 15 is 0 Å². The van der Waals surface area contributed by atoms with Gasteiger partial charge < -0.3 is 14.4 Å². The Morgan fingerprint density at radius 1 is 1.22 bits per heavy atom. The quantitative estimate of drug-likeness (QED) is 0.604. The molecule has 7 nitrogen and oxygen atoms in total. The van der Waals surface area contributed by atoms with Crippen molar-refractivity contribution in [1.29, 1.82) is 0 Å². The van der Waals surface area contributed by atoms with Crippen molar-refractivity contribution in [1.82, 2.24) is 25.0 Å². The van der Waals surface area contributed by atoms with Crippen LogP contribution in [0.25, 0.3) is 22.4 Å². The number of aromatic nitrogens is 4. The van der Waals surface area contributed by atoms with Crippen LogP contribution in [0.2, 0.25) is 0 Å². The number of aromatic amines is 1. The first-order valence-electron chi connectivity index (χ1n) is 8.93. The number of hydrogen-bond acceptors (Lipinski definition) is 5. The highest BCUT2D eigenvalue weighted by Gasteiger charge is 2.34. The summed E-state index contributed by atoms with van der Waals surface area (Å²) in [5.74, 6) is 0.881. The van der Waals surface area contributed by atoms with E-state index in [9.17, 15) is 4.79 Å². The van der Waals surface area contributed by atoms with Gasteiger partial charge in [-0.05, 0) is 48.6 Å². The van der Waals surface area contributed by atoms with E-state index in [0.717, 1.165) is 23.7 Å². The predicted octanol–water partition coefficient (Wildman–Crippen LogP) is 3.59. The van der Waals surface area contributed by atoms with Gasteiger partial charge in [-0.15, -0.1) is 0 Å². The average molecular weight is 359 g/mol. The molecule has 1 aromatic carbocycles. The van der Waals surface area contributed by atoms with Crippen LogP contribution in [0.1, 0.15) is 35.1 Å². The monoisotopic (exact) mass is 359 g/mol. The van der Waals surface area contributed by atoms with Gasteiger partial charge in [-0.1, -0.05) is 17.3 Å². The third kappa shape index (κ3) is 2.77. The smallest absolute Gasteiger partial charge is 0.254 e. The number of carbonyl (C=O) groups is 1. The number of hydrogen-bond donors (Lipinski definition) is 1. The summed E-state index contributed by atoms with van der Waals surface area (Å²) in [5, 5.41) is 5.12. The van der Waals surface area contributed by atoms with Gasteiger partial charge in [0.1, 0.15) is 11.7 Å². The minimum Gasteiger partial charge on any atom is -0.361 e. The van der Waals surface area contributed by atoms with Crippen LogP contribution >= 0.6 is 0 Å². The lowest BCUT2D eigenvalue weighted by atomic mass is 10.1. The molecule has 1 aliphatic rings. The highest BCUT2D eigenvalue weighted by molar-refractivity contribution is 5.98. The zero-order valence-electron chi connectivity index (χ0n) is 14.5. The Morgan fingerprint density at radius 3 is 3.07 bits per heavy atom. The molecule has 0 radical (unpaired) electrons. The molecule has 1 amide bonds. The highest BCUT2D eigenvalue weighted by Crippen LogP contribution is 2.33. The molecule has 1 atom stereocenters. The SMILES string of the molecule is O=C(c1ccc2cc[nH]c2c1)N1CCC[C@@H]1c1nc(-c2ccccn2)no1. The van der Waals surface area contributed by atoms with Gasteiger partial charge in [0.15, 0.2) is 0 Å². The maximum absolute atomic E-state index is 13.1. The fraction of sp³-hybridized carbons (Fsp3) is 0.200. The molecule has 134 valence electrons. The summed E-state index contributed by atoms with van der Waals surface area (Å²) in [5.41, 5.74) is 2.26. The number of pyridine rings is 1. The number of benzene rings is 1. The first-order chi connectivity index (χ1) is 13.3. The molecule has 0 saturated carbocycles. The first-order valence-corrected chi connectivity index (χ1v) is 8.93. The largest absolute Gasteiger partial charge is 0.361 e. The van der Waals surface area contributed by atoms with E-state index in [-0.39, 0.29) is 11.9 Å². The van der Waals surface area contributed by atoms with Crippen molar-refractivity contribution in [3.05, 3.63) is 66.3 Å². The summed E-state index contributed by atoms with van der Waals surface area (Å²) in [6.45, 7) is 0.674. The molecule has 1 aliphatic heterocycles. The zero-order chi connectivity index (χ0) is 18.2. The molecule has 3 aromatic heterocycles. The number of nitrogens with zero attached hydrogens (tertiary/aromatic N) is 4. The lowest BCUT2D eigenvalue weighted by molar-refractivity contribution is 0.0710. The first kappa shape index (κ1) is 15.7. The van der Waals surface area contributed by atoms with Gasteiger partial charge in [0.05, 0.1) is 0 Å². The van der Waals surface area contributed by atoms with E-state index in [1.807, 2.05) is 53.6 Å². The van der Waals surface area contributed by atoms with Crippen molar-refractivity contribution in [2.24, 2.45) is 0 Å². The summed E-state index contributed by atoms with van der Waals surface area (Å²) < 4.78 is 5.48. The second kappa shape index (κ2) is 6.35. The Balaban J connectivity index is 1.43. The number of carbonyl (C=O) groups excluding carboxylic acids is 1. The van der Waals surface area contributed by atoms with E-state index < -0.39 is 0 Å².